The van der Waals surface area contributed by atoms with E-state index in [4.69, 9.17) is 0 Å². The van der Waals surface area contributed by atoms with E-state index in [1.807, 2.05) is 24.4 Å². The second-order valence-electron chi connectivity index (χ2n) is 6.30. The summed E-state index contributed by atoms with van der Waals surface area (Å²) >= 11 is 1.55. The molecule has 1 saturated carbocycles. The van der Waals surface area contributed by atoms with E-state index < -0.39 is 11.6 Å². The topological polar surface area (TPSA) is 78.5 Å². The van der Waals surface area contributed by atoms with E-state index >= 15 is 0 Å². The lowest BCUT2D eigenvalue weighted by molar-refractivity contribution is -0.137. The Bertz CT molecular complexity index is 616. The van der Waals surface area contributed by atoms with Gasteiger partial charge in [-0.15, -0.1) is 11.3 Å². The van der Waals surface area contributed by atoms with Crippen LogP contribution in [0.4, 0.5) is 4.79 Å². The van der Waals surface area contributed by atoms with Crippen LogP contribution in [0.15, 0.2) is 17.5 Å². The molecule has 7 heteroatoms. The first kappa shape index (κ1) is 16.0. The third kappa shape index (κ3) is 2.97. The molecule has 2 heterocycles. The normalized spacial score (nSPS) is 27.3. The van der Waals surface area contributed by atoms with Crippen molar-refractivity contribution in [3.63, 3.8) is 0 Å². The summed E-state index contributed by atoms with van der Waals surface area (Å²) in [5, 5.41) is 7.54. The Kier molecular flexibility index (Phi) is 4.39. The summed E-state index contributed by atoms with van der Waals surface area (Å²) in [5.74, 6) is -0.463. The van der Waals surface area contributed by atoms with Gasteiger partial charge < -0.3 is 10.6 Å². The number of imide groups is 1. The summed E-state index contributed by atoms with van der Waals surface area (Å²) in [5.41, 5.74) is -0.802. The molecule has 2 N–H and O–H groups in total. The van der Waals surface area contributed by atoms with Crippen LogP contribution in [0, 0.1) is 5.92 Å². The zero-order valence-corrected chi connectivity index (χ0v) is 13.9. The number of carbonyl (C=O) groups excluding carboxylic acids is 3. The number of rotatable bonds is 4. The molecule has 1 aromatic rings. The average molecular weight is 335 g/mol. The molecule has 0 unspecified atom stereocenters. The number of hydrogen-bond acceptors (Lipinski definition) is 4. The molecule has 124 valence electrons. The first-order valence-electron chi connectivity index (χ1n) is 7.96. The Morgan fingerprint density at radius 1 is 1.48 bits per heavy atom. The quantitative estimate of drug-likeness (QED) is 0.825. The SMILES string of the molecule is C[C@H]1CCCC[C@]12NC(=O)N(CC(=O)NCc1cccs1)C2=O. The molecular weight excluding hydrogens is 314 g/mol. The molecule has 3 rings (SSSR count). The molecule has 1 aliphatic heterocycles. The third-order valence-corrected chi connectivity index (χ3v) is 5.72. The van der Waals surface area contributed by atoms with Crippen molar-refractivity contribution in [2.24, 2.45) is 5.92 Å². The Hall–Kier alpha value is -1.89. The van der Waals surface area contributed by atoms with Crippen LogP contribution in [0.5, 0.6) is 0 Å². The molecule has 1 aromatic heterocycles. The summed E-state index contributed by atoms with van der Waals surface area (Å²) < 4.78 is 0. The number of nitrogens with one attached hydrogen (secondary N) is 2. The highest BCUT2D eigenvalue weighted by Gasteiger charge is 2.55. The summed E-state index contributed by atoms with van der Waals surface area (Å²) in [7, 11) is 0. The van der Waals surface area contributed by atoms with Crippen molar-refractivity contribution in [3.8, 4) is 0 Å². The van der Waals surface area contributed by atoms with Crippen molar-refractivity contribution >= 4 is 29.2 Å². The number of thiophene rings is 1. The van der Waals surface area contributed by atoms with E-state index in [-0.39, 0.29) is 24.3 Å². The van der Waals surface area contributed by atoms with Crippen molar-refractivity contribution < 1.29 is 14.4 Å². The number of nitrogens with zero attached hydrogens (tertiary/aromatic N) is 1. The molecule has 0 bridgehead atoms. The fourth-order valence-electron chi connectivity index (χ4n) is 3.44. The predicted molar refractivity (Wildman–Crippen MR) is 86.8 cm³/mol. The van der Waals surface area contributed by atoms with Gasteiger partial charge in [-0.25, -0.2) is 4.79 Å². The molecule has 6 nitrogen and oxygen atoms in total. The van der Waals surface area contributed by atoms with Gasteiger partial charge in [-0.3, -0.25) is 14.5 Å². The predicted octanol–water partition coefficient (Wildman–Crippen LogP) is 1.86. The van der Waals surface area contributed by atoms with Gasteiger partial charge in [-0.1, -0.05) is 25.8 Å². The Labute approximate surface area is 139 Å². The number of urea groups is 1. The summed E-state index contributed by atoms with van der Waals surface area (Å²) in [4.78, 5) is 39.1. The molecule has 1 spiro atoms. The second kappa shape index (κ2) is 6.31. The maximum Gasteiger partial charge on any atom is 0.325 e. The molecule has 2 fully saturated rings. The fourth-order valence-corrected chi connectivity index (χ4v) is 4.08. The standard InChI is InChI=1S/C16H21N3O3S/c1-11-5-2-3-7-16(11)14(21)19(15(22)18-16)10-13(20)17-9-12-6-4-8-23-12/h4,6,8,11H,2-3,5,7,9-10H2,1H3,(H,17,20)(H,18,22)/t11-,16-/m0/s1. The minimum absolute atomic E-state index is 0.104. The largest absolute Gasteiger partial charge is 0.350 e. The molecule has 4 amide bonds. The minimum Gasteiger partial charge on any atom is -0.350 e. The van der Waals surface area contributed by atoms with Gasteiger partial charge in [0, 0.05) is 4.88 Å². The first-order chi connectivity index (χ1) is 11.0. The summed E-state index contributed by atoms with van der Waals surface area (Å²) in [6, 6.07) is 3.39. The van der Waals surface area contributed by atoms with Crippen molar-refractivity contribution in [2.75, 3.05) is 6.54 Å². The molecule has 23 heavy (non-hydrogen) atoms. The van der Waals surface area contributed by atoms with Gasteiger partial charge in [0.2, 0.25) is 5.91 Å². The highest BCUT2D eigenvalue weighted by atomic mass is 32.1. The highest BCUT2D eigenvalue weighted by molar-refractivity contribution is 7.09. The molecule has 1 saturated heterocycles. The molecule has 0 aromatic carbocycles. The van der Waals surface area contributed by atoms with Crippen LogP contribution in [0.3, 0.4) is 0 Å². The van der Waals surface area contributed by atoms with Gasteiger partial charge in [0.15, 0.2) is 0 Å². The van der Waals surface area contributed by atoms with E-state index in [0.29, 0.717) is 13.0 Å². The van der Waals surface area contributed by atoms with Crippen LogP contribution < -0.4 is 10.6 Å². The minimum atomic E-state index is -0.802. The molecule has 2 aliphatic rings. The van der Waals surface area contributed by atoms with Gasteiger partial charge in [-0.2, -0.15) is 0 Å². The maximum atomic E-state index is 12.7. The van der Waals surface area contributed by atoms with E-state index in [0.717, 1.165) is 29.0 Å². The summed E-state index contributed by atoms with van der Waals surface area (Å²) in [6.07, 6.45) is 3.58. The van der Waals surface area contributed by atoms with E-state index in [9.17, 15) is 14.4 Å². The van der Waals surface area contributed by atoms with E-state index in [1.54, 1.807) is 11.3 Å². The first-order valence-corrected chi connectivity index (χ1v) is 8.84. The van der Waals surface area contributed by atoms with Gasteiger partial charge in [0.1, 0.15) is 12.1 Å². The van der Waals surface area contributed by atoms with Crippen LogP contribution in [0.2, 0.25) is 0 Å². The van der Waals surface area contributed by atoms with Crippen molar-refractivity contribution in [1.29, 1.82) is 0 Å². The average Bonchev–Trinajstić information content (AvgIpc) is 3.12. The monoisotopic (exact) mass is 335 g/mol. The maximum absolute atomic E-state index is 12.7. The van der Waals surface area contributed by atoms with Crippen LogP contribution in [0.25, 0.3) is 0 Å². The van der Waals surface area contributed by atoms with Gasteiger partial charge in [0.05, 0.1) is 6.54 Å². The van der Waals surface area contributed by atoms with E-state index in [1.165, 1.54) is 0 Å². The van der Waals surface area contributed by atoms with Crippen molar-refractivity contribution in [2.45, 2.75) is 44.7 Å². The summed E-state index contributed by atoms with van der Waals surface area (Å²) in [6.45, 7) is 2.20. The molecular formula is C16H21N3O3S. The van der Waals surface area contributed by atoms with Crippen molar-refractivity contribution in [3.05, 3.63) is 22.4 Å². The smallest absolute Gasteiger partial charge is 0.325 e. The van der Waals surface area contributed by atoms with Crippen molar-refractivity contribution in [1.82, 2.24) is 15.5 Å². The van der Waals surface area contributed by atoms with Crippen LogP contribution >= 0.6 is 11.3 Å². The second-order valence-corrected chi connectivity index (χ2v) is 7.33. The van der Waals surface area contributed by atoms with Crippen LogP contribution in [0.1, 0.15) is 37.5 Å². The lowest BCUT2D eigenvalue weighted by Gasteiger charge is -2.36. The van der Waals surface area contributed by atoms with Crippen LogP contribution in [-0.2, 0) is 16.1 Å². The lowest BCUT2D eigenvalue weighted by Crippen LogP contribution is -2.54. The molecule has 1 aliphatic carbocycles. The lowest BCUT2D eigenvalue weighted by atomic mass is 9.73. The molecule has 0 radical (unpaired) electrons. The third-order valence-electron chi connectivity index (χ3n) is 4.84. The fraction of sp³-hybridized carbons (Fsp3) is 0.562. The zero-order valence-electron chi connectivity index (χ0n) is 13.1. The van der Waals surface area contributed by atoms with E-state index in [2.05, 4.69) is 10.6 Å². The number of hydrogen-bond donors (Lipinski definition) is 2. The van der Waals surface area contributed by atoms with Gasteiger partial charge in [0.25, 0.3) is 5.91 Å². The highest BCUT2D eigenvalue weighted by Crippen LogP contribution is 2.38. The Morgan fingerprint density at radius 2 is 2.30 bits per heavy atom. The van der Waals surface area contributed by atoms with Gasteiger partial charge in [-0.05, 0) is 30.2 Å². The van der Waals surface area contributed by atoms with Crippen LogP contribution in [-0.4, -0.2) is 34.8 Å². The van der Waals surface area contributed by atoms with Gasteiger partial charge >= 0.3 is 6.03 Å². The zero-order chi connectivity index (χ0) is 16.4. The molecule has 2 atom stereocenters. The number of amides is 4. The Balaban J connectivity index is 1.62. The number of carbonyl (C=O) groups is 3. The Morgan fingerprint density at radius 3 is 3.00 bits per heavy atom.